The van der Waals surface area contributed by atoms with Gasteiger partial charge in [-0.3, -0.25) is 4.79 Å². The third-order valence-corrected chi connectivity index (χ3v) is 3.67. The topological polar surface area (TPSA) is 64.6 Å². The summed E-state index contributed by atoms with van der Waals surface area (Å²) in [7, 11) is 0. The molecular weight excluding hydrogens is 302 g/mol. The van der Waals surface area contributed by atoms with Gasteiger partial charge in [-0.25, -0.2) is 4.79 Å². The number of nitrogens with one attached hydrogen (secondary N) is 1. The van der Waals surface area contributed by atoms with Crippen molar-refractivity contribution in [2.45, 2.75) is 20.0 Å². The van der Waals surface area contributed by atoms with E-state index in [1.165, 1.54) is 18.3 Å². The second-order valence-electron chi connectivity index (χ2n) is 4.44. The van der Waals surface area contributed by atoms with Crippen molar-refractivity contribution in [1.29, 1.82) is 0 Å². The molecule has 5 nitrogen and oxygen atoms in total. The van der Waals surface area contributed by atoms with Gasteiger partial charge in [-0.2, -0.15) is 0 Å². The Hall–Kier alpha value is -2.34. The van der Waals surface area contributed by atoms with Gasteiger partial charge in [0.2, 0.25) is 0 Å². The molecule has 1 atom stereocenters. The van der Waals surface area contributed by atoms with Crippen molar-refractivity contribution in [1.82, 2.24) is 0 Å². The van der Waals surface area contributed by atoms with Gasteiger partial charge in [-0.1, -0.05) is 18.2 Å². The molecule has 0 spiro atoms. The molecule has 1 heterocycles. The Kier molecular flexibility index (Phi) is 5.55. The molecule has 0 bridgehead atoms. The first-order valence-corrected chi connectivity index (χ1v) is 7.77. The molecule has 116 valence electrons. The number of anilines is 1. The van der Waals surface area contributed by atoms with Crippen molar-refractivity contribution in [3.05, 3.63) is 46.7 Å². The maximum Gasteiger partial charge on any atom is 0.349 e. The molecule has 1 amide bonds. The monoisotopic (exact) mass is 319 g/mol. The van der Waals surface area contributed by atoms with Gasteiger partial charge in [-0.05, 0) is 37.4 Å². The first kappa shape index (κ1) is 16.0. The van der Waals surface area contributed by atoms with Crippen LogP contribution in [0.4, 0.5) is 5.69 Å². The number of ether oxygens (including phenoxy) is 2. The van der Waals surface area contributed by atoms with Crippen molar-refractivity contribution >= 4 is 28.9 Å². The normalized spacial score (nSPS) is 11.5. The number of thiophene rings is 1. The lowest BCUT2D eigenvalue weighted by atomic mass is 10.2. The van der Waals surface area contributed by atoms with Crippen LogP contribution in [-0.2, 0) is 9.53 Å². The van der Waals surface area contributed by atoms with Crippen molar-refractivity contribution in [2.75, 3.05) is 11.9 Å². The van der Waals surface area contributed by atoms with E-state index >= 15 is 0 Å². The fraction of sp³-hybridized carbons (Fsp3) is 0.250. The number of hydrogen-bond acceptors (Lipinski definition) is 5. The molecule has 0 aliphatic rings. The lowest BCUT2D eigenvalue weighted by Gasteiger charge is -2.15. The molecule has 1 N–H and O–H groups in total. The maximum absolute atomic E-state index is 12.1. The fourth-order valence-electron chi connectivity index (χ4n) is 1.75. The Morgan fingerprint density at radius 3 is 2.68 bits per heavy atom. The summed E-state index contributed by atoms with van der Waals surface area (Å²) in [4.78, 5) is 24.4. The van der Waals surface area contributed by atoms with Crippen molar-refractivity contribution in [3.63, 3.8) is 0 Å². The highest BCUT2D eigenvalue weighted by Crippen LogP contribution is 2.24. The molecule has 0 unspecified atom stereocenters. The van der Waals surface area contributed by atoms with Crippen LogP contribution in [0, 0.1) is 0 Å². The van der Waals surface area contributed by atoms with Gasteiger partial charge in [0.25, 0.3) is 5.91 Å². The summed E-state index contributed by atoms with van der Waals surface area (Å²) in [6.07, 6.45) is -0.899. The van der Waals surface area contributed by atoms with Crippen LogP contribution in [-0.4, -0.2) is 24.6 Å². The Bertz CT molecular complexity index is 639. The zero-order valence-corrected chi connectivity index (χ0v) is 13.2. The molecule has 0 saturated carbocycles. The van der Waals surface area contributed by atoms with Crippen LogP contribution >= 0.6 is 11.3 Å². The van der Waals surface area contributed by atoms with Gasteiger partial charge in [-0.15, -0.1) is 11.3 Å². The Labute approximate surface area is 132 Å². The second kappa shape index (κ2) is 7.61. The molecule has 0 saturated heterocycles. The van der Waals surface area contributed by atoms with Crippen molar-refractivity contribution in [2.24, 2.45) is 0 Å². The summed E-state index contributed by atoms with van der Waals surface area (Å²) >= 11 is 1.27. The van der Waals surface area contributed by atoms with Crippen LogP contribution in [0.25, 0.3) is 0 Å². The largest absolute Gasteiger partial charge is 0.492 e. The van der Waals surface area contributed by atoms with E-state index in [2.05, 4.69) is 5.32 Å². The number of amides is 1. The number of carbonyl (C=O) groups excluding carboxylic acids is 2. The Balaban J connectivity index is 1.98. The van der Waals surface area contributed by atoms with Gasteiger partial charge in [0.15, 0.2) is 6.10 Å². The summed E-state index contributed by atoms with van der Waals surface area (Å²) in [5.74, 6) is -0.331. The van der Waals surface area contributed by atoms with Crippen molar-refractivity contribution < 1.29 is 19.1 Å². The number of hydrogen-bond donors (Lipinski definition) is 1. The smallest absolute Gasteiger partial charge is 0.349 e. The van der Waals surface area contributed by atoms with E-state index in [4.69, 9.17) is 9.47 Å². The minimum atomic E-state index is -0.899. The minimum Gasteiger partial charge on any atom is -0.492 e. The first-order chi connectivity index (χ1) is 10.6. The zero-order chi connectivity index (χ0) is 15.9. The molecule has 22 heavy (non-hydrogen) atoms. The van der Waals surface area contributed by atoms with E-state index in [1.54, 1.807) is 35.7 Å². The average molecular weight is 319 g/mol. The molecule has 0 fully saturated rings. The van der Waals surface area contributed by atoms with Crippen LogP contribution in [0.15, 0.2) is 41.8 Å². The van der Waals surface area contributed by atoms with Crippen LogP contribution < -0.4 is 10.1 Å². The summed E-state index contributed by atoms with van der Waals surface area (Å²) in [6, 6.07) is 10.5. The van der Waals surface area contributed by atoms with Crippen LogP contribution in [0.3, 0.4) is 0 Å². The van der Waals surface area contributed by atoms with Crippen LogP contribution in [0.2, 0.25) is 0 Å². The molecule has 1 aromatic carbocycles. The number of carbonyl (C=O) groups is 2. The van der Waals surface area contributed by atoms with E-state index < -0.39 is 18.0 Å². The molecule has 6 heteroatoms. The molecule has 0 aliphatic carbocycles. The standard InChI is InChI=1S/C16H17NO4S/c1-3-20-13-8-5-4-7-12(13)17-15(18)11(2)21-16(19)14-9-6-10-22-14/h4-11H,3H2,1-2H3,(H,17,18)/t11-/m1/s1. The Morgan fingerprint density at radius 1 is 1.23 bits per heavy atom. The number of rotatable bonds is 6. The van der Waals surface area contributed by atoms with Crippen molar-refractivity contribution in [3.8, 4) is 5.75 Å². The highest BCUT2D eigenvalue weighted by molar-refractivity contribution is 7.11. The molecule has 0 radical (unpaired) electrons. The summed E-state index contributed by atoms with van der Waals surface area (Å²) in [5, 5.41) is 4.49. The highest BCUT2D eigenvalue weighted by atomic mass is 32.1. The van der Waals surface area contributed by atoms with E-state index in [1.807, 2.05) is 13.0 Å². The van der Waals surface area contributed by atoms with Gasteiger partial charge in [0.05, 0.1) is 12.3 Å². The number of benzene rings is 1. The van der Waals surface area contributed by atoms with Gasteiger partial charge in [0.1, 0.15) is 10.6 Å². The SMILES string of the molecule is CCOc1ccccc1NC(=O)[C@@H](C)OC(=O)c1cccs1. The Morgan fingerprint density at radius 2 is 2.00 bits per heavy atom. The molecule has 2 aromatic rings. The summed E-state index contributed by atoms with van der Waals surface area (Å²) in [6.45, 7) is 3.89. The first-order valence-electron chi connectivity index (χ1n) is 6.89. The van der Waals surface area contributed by atoms with Gasteiger partial charge in [0, 0.05) is 0 Å². The summed E-state index contributed by atoms with van der Waals surface area (Å²) in [5.41, 5.74) is 0.549. The third-order valence-electron chi connectivity index (χ3n) is 2.82. The lowest BCUT2D eigenvalue weighted by molar-refractivity contribution is -0.123. The third kappa shape index (κ3) is 4.08. The van der Waals surface area contributed by atoms with E-state index in [0.717, 1.165) is 0 Å². The van der Waals surface area contributed by atoms with E-state index in [0.29, 0.717) is 22.9 Å². The molecule has 0 aliphatic heterocycles. The second-order valence-corrected chi connectivity index (χ2v) is 5.39. The quantitative estimate of drug-likeness (QED) is 0.830. The lowest BCUT2D eigenvalue weighted by Crippen LogP contribution is -2.30. The van der Waals surface area contributed by atoms with Gasteiger partial charge >= 0.3 is 5.97 Å². The van der Waals surface area contributed by atoms with E-state index in [9.17, 15) is 9.59 Å². The fourth-order valence-corrected chi connectivity index (χ4v) is 2.36. The molecule has 1 aromatic heterocycles. The van der Waals surface area contributed by atoms with Gasteiger partial charge < -0.3 is 14.8 Å². The molecule has 2 rings (SSSR count). The summed E-state index contributed by atoms with van der Waals surface area (Å²) < 4.78 is 10.6. The predicted molar refractivity (Wildman–Crippen MR) is 85.4 cm³/mol. The molecular formula is C16H17NO4S. The highest BCUT2D eigenvalue weighted by Gasteiger charge is 2.20. The minimum absolute atomic E-state index is 0.406. The maximum atomic E-state index is 12.1. The number of esters is 1. The van der Waals surface area contributed by atoms with Crippen LogP contribution in [0.1, 0.15) is 23.5 Å². The average Bonchev–Trinajstić information content (AvgIpc) is 3.03. The predicted octanol–water partition coefficient (Wildman–Crippen LogP) is 3.33. The zero-order valence-electron chi connectivity index (χ0n) is 12.4. The van der Waals surface area contributed by atoms with Crippen LogP contribution in [0.5, 0.6) is 5.75 Å². The number of para-hydroxylation sites is 2. The van der Waals surface area contributed by atoms with E-state index in [-0.39, 0.29) is 0 Å².